The first-order valence-corrected chi connectivity index (χ1v) is 4.65. The summed E-state index contributed by atoms with van der Waals surface area (Å²) in [6, 6.07) is 1.64. The summed E-state index contributed by atoms with van der Waals surface area (Å²) < 4.78 is 0. The Morgan fingerprint density at radius 2 is 2.31 bits per heavy atom. The second-order valence-electron chi connectivity index (χ2n) is 3.04. The lowest BCUT2D eigenvalue weighted by atomic mass is 10.2. The molecule has 0 aliphatic rings. The Morgan fingerprint density at radius 1 is 1.56 bits per heavy atom. The predicted octanol–water partition coefficient (Wildman–Crippen LogP) is 0.496. The van der Waals surface area contributed by atoms with E-state index in [0.717, 1.165) is 5.69 Å². The minimum absolute atomic E-state index is 0.108. The summed E-state index contributed by atoms with van der Waals surface area (Å²) >= 11 is 0. The highest BCUT2D eigenvalue weighted by atomic mass is 16.4. The molecule has 0 aliphatic carbocycles. The van der Waals surface area contributed by atoms with Crippen molar-refractivity contribution in [1.82, 2.24) is 4.98 Å². The minimum Gasteiger partial charge on any atom is -0.478 e. The molecule has 0 saturated heterocycles. The molecule has 0 amide bonds. The summed E-state index contributed by atoms with van der Waals surface area (Å²) in [6.07, 6.45) is 1.31. The van der Waals surface area contributed by atoms with Crippen LogP contribution in [0, 0.1) is 18.8 Å². The molecule has 16 heavy (non-hydrogen) atoms. The molecule has 5 heteroatoms. The molecule has 1 rings (SSSR count). The number of rotatable bonds is 3. The number of aromatic nitrogens is 1. The molecule has 0 unspecified atom stereocenters. The zero-order valence-corrected chi connectivity index (χ0v) is 8.82. The number of aliphatic hydroxyl groups is 1. The van der Waals surface area contributed by atoms with Crippen molar-refractivity contribution in [2.24, 2.45) is 0 Å². The number of anilines is 1. The van der Waals surface area contributed by atoms with E-state index in [0.29, 0.717) is 5.69 Å². The smallest absolute Gasteiger partial charge is 0.339 e. The van der Waals surface area contributed by atoms with E-state index in [2.05, 4.69) is 22.1 Å². The SMILES string of the molecule is Cc1cc(NCC#CCO)c(C(=O)O)cn1. The second kappa shape index (κ2) is 5.73. The van der Waals surface area contributed by atoms with Gasteiger partial charge in [0.05, 0.1) is 12.2 Å². The summed E-state index contributed by atoms with van der Waals surface area (Å²) in [5.74, 6) is 4.07. The first-order chi connectivity index (χ1) is 7.65. The van der Waals surface area contributed by atoms with E-state index in [1.165, 1.54) is 6.20 Å². The molecule has 0 spiro atoms. The average molecular weight is 220 g/mol. The third-order valence-corrected chi connectivity index (χ3v) is 1.84. The van der Waals surface area contributed by atoms with Gasteiger partial charge in [0.15, 0.2) is 0 Å². The summed E-state index contributed by atoms with van der Waals surface area (Å²) in [6.45, 7) is 1.85. The molecule has 0 bridgehead atoms. The topological polar surface area (TPSA) is 82.5 Å². The van der Waals surface area contributed by atoms with E-state index in [9.17, 15) is 4.79 Å². The predicted molar refractivity (Wildman–Crippen MR) is 59.3 cm³/mol. The number of aryl methyl sites for hydroxylation is 1. The maximum atomic E-state index is 10.9. The summed E-state index contributed by atoms with van der Waals surface area (Å²) in [5, 5.41) is 20.2. The zero-order chi connectivity index (χ0) is 12.0. The van der Waals surface area contributed by atoms with Crippen molar-refractivity contribution in [3.63, 3.8) is 0 Å². The molecule has 0 fully saturated rings. The lowest BCUT2D eigenvalue weighted by Crippen LogP contribution is -2.07. The van der Waals surface area contributed by atoms with Crippen LogP contribution in [0.3, 0.4) is 0 Å². The van der Waals surface area contributed by atoms with Gasteiger partial charge in [0.1, 0.15) is 12.2 Å². The van der Waals surface area contributed by atoms with Gasteiger partial charge in [-0.2, -0.15) is 0 Å². The van der Waals surface area contributed by atoms with E-state index in [4.69, 9.17) is 10.2 Å². The maximum absolute atomic E-state index is 10.9. The van der Waals surface area contributed by atoms with Crippen molar-refractivity contribution in [2.75, 3.05) is 18.5 Å². The number of pyridine rings is 1. The van der Waals surface area contributed by atoms with Crippen LogP contribution in [0.1, 0.15) is 16.1 Å². The van der Waals surface area contributed by atoms with Gasteiger partial charge < -0.3 is 15.5 Å². The average Bonchev–Trinajstić information content (AvgIpc) is 2.24. The van der Waals surface area contributed by atoms with Gasteiger partial charge >= 0.3 is 5.97 Å². The van der Waals surface area contributed by atoms with E-state index in [-0.39, 0.29) is 18.7 Å². The fourth-order valence-electron chi connectivity index (χ4n) is 1.13. The van der Waals surface area contributed by atoms with Crippen molar-refractivity contribution >= 4 is 11.7 Å². The number of nitrogens with zero attached hydrogens (tertiary/aromatic N) is 1. The Morgan fingerprint density at radius 3 is 2.94 bits per heavy atom. The highest BCUT2D eigenvalue weighted by Gasteiger charge is 2.09. The van der Waals surface area contributed by atoms with Crippen molar-refractivity contribution < 1.29 is 15.0 Å². The number of nitrogens with one attached hydrogen (secondary N) is 1. The highest BCUT2D eigenvalue weighted by molar-refractivity contribution is 5.93. The molecule has 84 valence electrons. The molecular formula is C11H12N2O3. The molecule has 3 N–H and O–H groups in total. The monoisotopic (exact) mass is 220 g/mol. The van der Waals surface area contributed by atoms with Crippen molar-refractivity contribution in [3.8, 4) is 11.8 Å². The Labute approximate surface area is 93.1 Å². The zero-order valence-electron chi connectivity index (χ0n) is 8.82. The van der Waals surface area contributed by atoms with Gasteiger partial charge in [-0.05, 0) is 13.0 Å². The van der Waals surface area contributed by atoms with Gasteiger partial charge in [-0.3, -0.25) is 4.98 Å². The van der Waals surface area contributed by atoms with Crippen LogP contribution in [0.15, 0.2) is 12.3 Å². The molecule has 0 radical (unpaired) electrons. The van der Waals surface area contributed by atoms with Crippen LogP contribution in [0.5, 0.6) is 0 Å². The van der Waals surface area contributed by atoms with E-state index in [1.807, 2.05) is 0 Å². The normalized spacial score (nSPS) is 9.12. The molecule has 1 aromatic heterocycles. The summed E-state index contributed by atoms with van der Waals surface area (Å²) in [4.78, 5) is 14.8. The fraction of sp³-hybridized carbons (Fsp3) is 0.273. The van der Waals surface area contributed by atoms with Crippen LogP contribution in [0.25, 0.3) is 0 Å². The van der Waals surface area contributed by atoms with Crippen LogP contribution in [-0.2, 0) is 0 Å². The van der Waals surface area contributed by atoms with Gasteiger partial charge in [0.2, 0.25) is 0 Å². The van der Waals surface area contributed by atoms with Gasteiger partial charge in [-0.1, -0.05) is 11.8 Å². The summed E-state index contributed by atoms with van der Waals surface area (Å²) in [7, 11) is 0. The van der Waals surface area contributed by atoms with Crippen molar-refractivity contribution in [1.29, 1.82) is 0 Å². The van der Waals surface area contributed by atoms with Gasteiger partial charge in [0.25, 0.3) is 0 Å². The number of carboxylic acid groups (broad SMARTS) is 1. The first kappa shape index (κ1) is 12.0. The standard InChI is InChI=1S/C11H12N2O3/c1-8-6-10(12-4-2-3-5-14)9(7-13-8)11(15)16/h6-7,14H,4-5H2,1H3,(H,12,13)(H,15,16). The second-order valence-corrected chi connectivity index (χ2v) is 3.04. The highest BCUT2D eigenvalue weighted by Crippen LogP contribution is 2.14. The van der Waals surface area contributed by atoms with Crippen LogP contribution in [0.2, 0.25) is 0 Å². The van der Waals surface area contributed by atoms with Crippen LogP contribution in [0.4, 0.5) is 5.69 Å². The van der Waals surface area contributed by atoms with Crippen LogP contribution < -0.4 is 5.32 Å². The Kier molecular flexibility index (Phi) is 4.30. The lowest BCUT2D eigenvalue weighted by Gasteiger charge is -2.06. The third kappa shape index (κ3) is 3.26. The minimum atomic E-state index is -1.04. The molecule has 0 aromatic carbocycles. The Bertz CT molecular complexity index is 446. The maximum Gasteiger partial charge on any atom is 0.339 e. The number of carbonyl (C=O) groups is 1. The Hall–Kier alpha value is -2.06. The van der Waals surface area contributed by atoms with Crippen LogP contribution >= 0.6 is 0 Å². The van der Waals surface area contributed by atoms with Crippen molar-refractivity contribution in [2.45, 2.75) is 6.92 Å². The van der Waals surface area contributed by atoms with Gasteiger partial charge in [-0.15, -0.1) is 0 Å². The summed E-state index contributed by atoms with van der Waals surface area (Å²) in [5.41, 5.74) is 1.31. The lowest BCUT2D eigenvalue weighted by molar-refractivity contribution is 0.0697. The van der Waals surface area contributed by atoms with Crippen molar-refractivity contribution in [3.05, 3.63) is 23.5 Å². The molecule has 1 aromatic rings. The van der Waals surface area contributed by atoms with Gasteiger partial charge in [-0.25, -0.2) is 4.79 Å². The van der Waals surface area contributed by atoms with E-state index >= 15 is 0 Å². The number of hydrogen-bond acceptors (Lipinski definition) is 4. The van der Waals surface area contributed by atoms with E-state index in [1.54, 1.807) is 13.0 Å². The number of aliphatic hydroxyl groups excluding tert-OH is 1. The third-order valence-electron chi connectivity index (χ3n) is 1.84. The quantitative estimate of drug-likeness (QED) is 0.646. The number of aromatic carboxylic acids is 1. The largest absolute Gasteiger partial charge is 0.478 e. The molecular weight excluding hydrogens is 208 g/mol. The molecule has 0 aliphatic heterocycles. The fourth-order valence-corrected chi connectivity index (χ4v) is 1.13. The first-order valence-electron chi connectivity index (χ1n) is 4.65. The molecule has 5 nitrogen and oxygen atoms in total. The Balaban J connectivity index is 2.84. The number of hydrogen-bond donors (Lipinski definition) is 3. The molecule has 0 atom stereocenters. The van der Waals surface area contributed by atoms with Gasteiger partial charge in [0, 0.05) is 11.9 Å². The van der Waals surface area contributed by atoms with E-state index < -0.39 is 5.97 Å². The number of carboxylic acids is 1. The van der Waals surface area contributed by atoms with Crippen LogP contribution in [-0.4, -0.2) is 34.3 Å². The molecule has 0 saturated carbocycles. The molecule has 1 heterocycles.